The summed E-state index contributed by atoms with van der Waals surface area (Å²) in [5.41, 5.74) is 0. The van der Waals surface area contributed by atoms with Crippen LogP contribution in [0.15, 0.2) is 0 Å². The molecular formula is C8H13NO5. The van der Waals surface area contributed by atoms with Gasteiger partial charge in [-0.25, -0.2) is 4.79 Å². The second kappa shape index (κ2) is 4.39. The molecule has 0 aromatic rings. The predicted octanol–water partition coefficient (Wildman–Crippen LogP) is -1.54. The van der Waals surface area contributed by atoms with Gasteiger partial charge in [-0.15, -0.1) is 0 Å². The van der Waals surface area contributed by atoms with Crippen molar-refractivity contribution in [2.45, 2.75) is 25.1 Å². The fourth-order valence-electron chi connectivity index (χ4n) is 1.44. The Balaban J connectivity index is 2.56. The number of rotatable bonds is 4. The van der Waals surface area contributed by atoms with Gasteiger partial charge in [0.25, 0.3) is 0 Å². The number of ether oxygens (including phenoxy) is 1. The van der Waals surface area contributed by atoms with Gasteiger partial charge in [0, 0.05) is 19.1 Å². The lowest BCUT2D eigenvalue weighted by molar-refractivity contribution is -0.182. The van der Waals surface area contributed by atoms with Gasteiger partial charge in [-0.3, -0.25) is 4.79 Å². The minimum atomic E-state index is -1.54. The van der Waals surface area contributed by atoms with E-state index < -0.39 is 12.2 Å². The van der Waals surface area contributed by atoms with Crippen LogP contribution in [0.3, 0.4) is 0 Å². The van der Waals surface area contributed by atoms with E-state index in [9.17, 15) is 14.7 Å². The molecule has 1 saturated heterocycles. The molecule has 0 aromatic heterocycles. The van der Waals surface area contributed by atoms with Crippen LogP contribution in [0, 0.1) is 0 Å². The first-order chi connectivity index (χ1) is 6.61. The number of esters is 1. The number of carbonyl (C=O) groups excluding carboxylic acids is 2. The second-order valence-corrected chi connectivity index (χ2v) is 3.07. The van der Waals surface area contributed by atoms with E-state index in [0.29, 0.717) is 6.42 Å². The minimum Gasteiger partial charge on any atom is -0.466 e. The predicted molar refractivity (Wildman–Crippen MR) is 45.0 cm³/mol. The maximum atomic E-state index is 11.1. The number of likely N-dealkylation sites (tertiary alicyclic amines) is 1. The topological polar surface area (TPSA) is 87.1 Å². The first-order valence-electron chi connectivity index (χ1n) is 4.29. The molecule has 1 fully saturated rings. The number of carbonyl (C=O) groups is 2. The third-order valence-corrected chi connectivity index (χ3v) is 2.23. The Labute approximate surface area is 81.1 Å². The third kappa shape index (κ3) is 1.85. The maximum absolute atomic E-state index is 11.1. The zero-order valence-corrected chi connectivity index (χ0v) is 7.84. The van der Waals surface area contributed by atoms with Crippen LogP contribution in [0.2, 0.25) is 0 Å². The van der Waals surface area contributed by atoms with Crippen LogP contribution in [0.4, 0.5) is 0 Å². The van der Waals surface area contributed by atoms with Crippen molar-refractivity contribution in [3.8, 4) is 0 Å². The van der Waals surface area contributed by atoms with Crippen molar-refractivity contribution in [1.29, 1.82) is 0 Å². The van der Waals surface area contributed by atoms with Crippen molar-refractivity contribution in [2.75, 3.05) is 13.7 Å². The molecule has 1 amide bonds. The monoisotopic (exact) mass is 203 g/mol. The van der Waals surface area contributed by atoms with E-state index >= 15 is 0 Å². The molecule has 80 valence electrons. The molecule has 6 nitrogen and oxygen atoms in total. The molecular weight excluding hydrogens is 190 g/mol. The van der Waals surface area contributed by atoms with E-state index in [0.717, 1.165) is 12.0 Å². The molecule has 0 bridgehead atoms. The highest BCUT2D eigenvalue weighted by atomic mass is 16.5. The van der Waals surface area contributed by atoms with E-state index in [-0.39, 0.29) is 25.0 Å². The molecule has 0 aromatic carbocycles. The Morgan fingerprint density at radius 1 is 1.79 bits per heavy atom. The smallest absolute Gasteiger partial charge is 0.356 e. The molecule has 1 heterocycles. The molecule has 1 rings (SSSR count). The molecule has 2 unspecified atom stereocenters. The van der Waals surface area contributed by atoms with Gasteiger partial charge < -0.3 is 19.8 Å². The van der Waals surface area contributed by atoms with Gasteiger partial charge in [0.15, 0.2) is 0 Å². The highest BCUT2D eigenvalue weighted by Crippen LogP contribution is 2.24. The van der Waals surface area contributed by atoms with Crippen LogP contribution in [-0.2, 0) is 14.3 Å². The van der Waals surface area contributed by atoms with Gasteiger partial charge in [-0.05, 0) is 6.42 Å². The lowest BCUT2D eigenvalue weighted by atomic mass is 9.98. The van der Waals surface area contributed by atoms with Crippen LogP contribution in [0.25, 0.3) is 0 Å². The lowest BCUT2D eigenvalue weighted by Gasteiger charge is -2.41. The van der Waals surface area contributed by atoms with E-state index in [1.54, 1.807) is 0 Å². The number of nitrogens with zero attached hydrogens (tertiary/aromatic N) is 1. The number of methoxy groups -OCH3 is 1. The van der Waals surface area contributed by atoms with Gasteiger partial charge in [0.2, 0.25) is 12.1 Å². The number of aliphatic hydroxyl groups is 2. The summed E-state index contributed by atoms with van der Waals surface area (Å²) in [7, 11) is 1.14. The zero-order valence-electron chi connectivity index (χ0n) is 7.84. The highest BCUT2D eigenvalue weighted by molar-refractivity contribution is 5.88. The largest absolute Gasteiger partial charge is 0.466 e. The van der Waals surface area contributed by atoms with Crippen LogP contribution in [0.5, 0.6) is 0 Å². The number of aliphatic hydroxyl groups excluding tert-OH is 2. The summed E-state index contributed by atoms with van der Waals surface area (Å²) >= 11 is 0. The van der Waals surface area contributed by atoms with E-state index in [2.05, 4.69) is 4.74 Å². The average Bonchev–Trinajstić information content (AvgIpc) is 2.15. The first-order valence-corrected chi connectivity index (χ1v) is 4.29. The second-order valence-electron chi connectivity index (χ2n) is 3.07. The fraction of sp³-hybridized carbons (Fsp3) is 0.750. The molecule has 14 heavy (non-hydrogen) atoms. The Bertz CT molecular complexity index is 242. The Kier molecular flexibility index (Phi) is 3.43. The zero-order chi connectivity index (χ0) is 10.7. The molecule has 0 radical (unpaired) electrons. The molecule has 1 aliphatic rings. The summed E-state index contributed by atoms with van der Waals surface area (Å²) in [6.45, 7) is -0.0810. The Morgan fingerprint density at radius 3 is 2.86 bits per heavy atom. The number of hydrogen-bond donors (Lipinski definition) is 2. The standard InChI is InChI=1S/C8H13NO5/c1-14-8(13)7(12)9-5(2-3-10)4-6(9)11/h5,7,10,12H,2-4H2,1H3. The van der Waals surface area contributed by atoms with E-state index in [1.807, 2.05) is 0 Å². The maximum Gasteiger partial charge on any atom is 0.356 e. The summed E-state index contributed by atoms with van der Waals surface area (Å²) < 4.78 is 4.30. The summed E-state index contributed by atoms with van der Waals surface area (Å²) in [4.78, 5) is 23.0. The van der Waals surface area contributed by atoms with Crippen molar-refractivity contribution in [3.63, 3.8) is 0 Å². The number of β-lactam (4-membered cyclic amide) rings is 1. The molecule has 6 heteroatoms. The van der Waals surface area contributed by atoms with Crippen LogP contribution in [-0.4, -0.2) is 53.0 Å². The highest BCUT2D eigenvalue weighted by Gasteiger charge is 2.42. The third-order valence-electron chi connectivity index (χ3n) is 2.23. The van der Waals surface area contributed by atoms with Gasteiger partial charge in [0.05, 0.1) is 7.11 Å². The Morgan fingerprint density at radius 2 is 2.43 bits per heavy atom. The van der Waals surface area contributed by atoms with Crippen molar-refractivity contribution in [1.82, 2.24) is 4.90 Å². The average molecular weight is 203 g/mol. The summed E-state index contributed by atoms with van der Waals surface area (Å²) in [6.07, 6.45) is -0.924. The normalized spacial score (nSPS) is 22.9. The number of hydrogen-bond acceptors (Lipinski definition) is 5. The summed E-state index contributed by atoms with van der Waals surface area (Å²) in [6, 6.07) is -0.262. The van der Waals surface area contributed by atoms with Gasteiger partial charge in [-0.1, -0.05) is 0 Å². The van der Waals surface area contributed by atoms with Crippen molar-refractivity contribution in [2.24, 2.45) is 0 Å². The quantitative estimate of drug-likeness (QED) is 0.427. The van der Waals surface area contributed by atoms with Gasteiger partial charge >= 0.3 is 5.97 Å². The van der Waals surface area contributed by atoms with Gasteiger partial charge in [-0.2, -0.15) is 0 Å². The number of amides is 1. The molecule has 2 N–H and O–H groups in total. The lowest BCUT2D eigenvalue weighted by Crippen LogP contribution is -2.60. The minimum absolute atomic E-state index is 0.0810. The van der Waals surface area contributed by atoms with E-state index in [4.69, 9.17) is 5.11 Å². The van der Waals surface area contributed by atoms with Crippen LogP contribution < -0.4 is 0 Å². The SMILES string of the molecule is COC(=O)C(O)N1C(=O)CC1CCO. The summed E-state index contributed by atoms with van der Waals surface area (Å²) in [5, 5.41) is 18.0. The van der Waals surface area contributed by atoms with Crippen molar-refractivity contribution in [3.05, 3.63) is 0 Å². The Hall–Kier alpha value is -1.14. The molecule has 0 aliphatic carbocycles. The van der Waals surface area contributed by atoms with Gasteiger partial charge in [0.1, 0.15) is 0 Å². The molecule has 0 spiro atoms. The van der Waals surface area contributed by atoms with Crippen LogP contribution in [0.1, 0.15) is 12.8 Å². The fourth-order valence-corrected chi connectivity index (χ4v) is 1.44. The molecule has 1 aliphatic heterocycles. The summed E-state index contributed by atoms with van der Waals surface area (Å²) in [5.74, 6) is -1.16. The first kappa shape index (κ1) is 10.9. The van der Waals surface area contributed by atoms with Crippen molar-refractivity contribution < 1.29 is 24.5 Å². The van der Waals surface area contributed by atoms with E-state index in [1.165, 1.54) is 0 Å². The molecule has 0 saturated carbocycles. The van der Waals surface area contributed by atoms with Crippen molar-refractivity contribution >= 4 is 11.9 Å². The van der Waals surface area contributed by atoms with Crippen LogP contribution >= 0.6 is 0 Å². The molecule has 2 atom stereocenters.